The number of anilines is 2. The van der Waals surface area contributed by atoms with E-state index in [1.807, 2.05) is 0 Å². The molecule has 2 aliphatic rings. The standard InChI is InChI=1S/C18H12N2O4S2/c21-25(22)15-7-3-1-5-11(15)17-13(19-25)9-10-14-18(17)12-6-2-4-8-16(12)26(23,24)20-14/h1-10,19-20H. The minimum Gasteiger partial charge on any atom is -0.279 e. The first-order valence-electron chi connectivity index (χ1n) is 7.80. The zero-order chi connectivity index (χ0) is 18.1. The second kappa shape index (κ2) is 4.87. The Bertz CT molecular complexity index is 1210. The summed E-state index contributed by atoms with van der Waals surface area (Å²) in [4.78, 5) is 0.346. The fourth-order valence-corrected chi connectivity index (χ4v) is 6.12. The molecule has 8 heteroatoms. The van der Waals surface area contributed by atoms with Crippen LogP contribution in [0.1, 0.15) is 0 Å². The molecule has 0 radical (unpaired) electrons. The van der Waals surface area contributed by atoms with Crippen LogP contribution in [0.5, 0.6) is 0 Å². The minimum atomic E-state index is -3.67. The Hall–Kier alpha value is -2.84. The molecule has 0 aliphatic carbocycles. The largest absolute Gasteiger partial charge is 0.279 e. The van der Waals surface area contributed by atoms with Gasteiger partial charge in [0.2, 0.25) is 0 Å². The highest BCUT2D eigenvalue weighted by atomic mass is 32.2. The van der Waals surface area contributed by atoms with Crippen molar-refractivity contribution in [3.05, 3.63) is 60.7 Å². The summed E-state index contributed by atoms with van der Waals surface area (Å²) in [5, 5.41) is 0. The summed E-state index contributed by atoms with van der Waals surface area (Å²) < 4.78 is 55.3. The van der Waals surface area contributed by atoms with E-state index >= 15 is 0 Å². The molecular weight excluding hydrogens is 372 g/mol. The molecule has 26 heavy (non-hydrogen) atoms. The normalized spacial score (nSPS) is 17.5. The van der Waals surface area contributed by atoms with Crippen LogP contribution in [0, 0.1) is 0 Å². The van der Waals surface area contributed by atoms with Gasteiger partial charge in [0.25, 0.3) is 20.0 Å². The van der Waals surface area contributed by atoms with Gasteiger partial charge in [-0.1, -0.05) is 36.4 Å². The SMILES string of the molecule is O=S1(=O)Nc2ccc3c(c2-c2ccccc21)-c1ccccc1S(=O)(=O)N3. The van der Waals surface area contributed by atoms with Gasteiger partial charge < -0.3 is 0 Å². The maximum atomic E-state index is 12.5. The Balaban J connectivity index is 1.95. The van der Waals surface area contributed by atoms with Crippen molar-refractivity contribution in [2.75, 3.05) is 9.44 Å². The zero-order valence-corrected chi connectivity index (χ0v) is 14.9. The molecule has 0 fully saturated rings. The van der Waals surface area contributed by atoms with Crippen molar-refractivity contribution in [2.24, 2.45) is 0 Å². The van der Waals surface area contributed by atoms with Gasteiger partial charge >= 0.3 is 0 Å². The van der Waals surface area contributed by atoms with Crippen LogP contribution in [-0.2, 0) is 20.0 Å². The van der Waals surface area contributed by atoms with Gasteiger partial charge in [0.1, 0.15) is 0 Å². The number of hydrogen-bond donors (Lipinski definition) is 2. The average Bonchev–Trinajstić information content (AvgIpc) is 2.61. The lowest BCUT2D eigenvalue weighted by molar-refractivity contribution is 0.599. The van der Waals surface area contributed by atoms with Crippen LogP contribution in [0.4, 0.5) is 11.4 Å². The topological polar surface area (TPSA) is 92.3 Å². The summed E-state index contributed by atoms with van der Waals surface area (Å²) in [5.74, 6) is 0. The third kappa shape index (κ3) is 1.96. The highest BCUT2D eigenvalue weighted by molar-refractivity contribution is 7.93. The Morgan fingerprint density at radius 2 is 0.923 bits per heavy atom. The van der Waals surface area contributed by atoms with Gasteiger partial charge in [-0.3, -0.25) is 9.44 Å². The third-order valence-corrected chi connectivity index (χ3v) is 7.43. The smallest absolute Gasteiger partial charge is 0.262 e. The van der Waals surface area contributed by atoms with Crippen molar-refractivity contribution in [3.63, 3.8) is 0 Å². The molecule has 0 saturated heterocycles. The van der Waals surface area contributed by atoms with E-state index in [4.69, 9.17) is 0 Å². The quantitative estimate of drug-likeness (QED) is 0.622. The lowest BCUT2D eigenvalue weighted by atomic mass is 9.91. The Kier molecular flexibility index (Phi) is 2.88. The molecule has 0 amide bonds. The van der Waals surface area contributed by atoms with Gasteiger partial charge in [-0.2, -0.15) is 0 Å². The van der Waals surface area contributed by atoms with Crippen LogP contribution in [-0.4, -0.2) is 16.8 Å². The molecule has 0 bridgehead atoms. The van der Waals surface area contributed by atoms with E-state index in [0.29, 0.717) is 33.6 Å². The summed E-state index contributed by atoms with van der Waals surface area (Å²) in [7, 11) is -7.34. The first-order valence-corrected chi connectivity index (χ1v) is 10.8. The van der Waals surface area contributed by atoms with E-state index in [9.17, 15) is 16.8 Å². The summed E-state index contributed by atoms with van der Waals surface area (Å²) in [5.41, 5.74) is 3.30. The van der Waals surface area contributed by atoms with Crippen molar-refractivity contribution >= 4 is 31.4 Å². The molecule has 130 valence electrons. The molecule has 0 spiro atoms. The molecule has 2 aliphatic heterocycles. The van der Waals surface area contributed by atoms with E-state index < -0.39 is 20.0 Å². The molecule has 5 rings (SSSR count). The summed E-state index contributed by atoms with van der Waals surface area (Å²) in [6.45, 7) is 0. The Labute approximate surface area is 150 Å². The lowest BCUT2D eigenvalue weighted by Crippen LogP contribution is -2.22. The number of benzene rings is 3. The fourth-order valence-electron chi connectivity index (χ4n) is 3.55. The monoisotopic (exact) mass is 384 g/mol. The maximum Gasteiger partial charge on any atom is 0.262 e. The highest BCUT2D eigenvalue weighted by Gasteiger charge is 2.35. The Morgan fingerprint density at radius 3 is 1.35 bits per heavy atom. The van der Waals surface area contributed by atoms with E-state index in [-0.39, 0.29) is 9.79 Å². The molecule has 0 atom stereocenters. The van der Waals surface area contributed by atoms with Crippen molar-refractivity contribution in [3.8, 4) is 22.3 Å². The predicted octanol–water partition coefficient (Wildman–Crippen LogP) is 3.25. The Morgan fingerprint density at radius 1 is 0.538 bits per heavy atom. The molecule has 3 aromatic carbocycles. The van der Waals surface area contributed by atoms with Crippen molar-refractivity contribution < 1.29 is 16.8 Å². The molecule has 0 unspecified atom stereocenters. The summed E-state index contributed by atoms with van der Waals surface area (Å²) >= 11 is 0. The van der Waals surface area contributed by atoms with Gasteiger partial charge in [-0.05, 0) is 24.3 Å². The van der Waals surface area contributed by atoms with Crippen LogP contribution < -0.4 is 9.44 Å². The third-order valence-electron chi connectivity index (χ3n) is 4.59. The van der Waals surface area contributed by atoms with E-state index in [1.54, 1.807) is 60.7 Å². The van der Waals surface area contributed by atoms with Crippen molar-refractivity contribution in [1.29, 1.82) is 0 Å². The molecule has 0 aromatic heterocycles. The number of rotatable bonds is 0. The van der Waals surface area contributed by atoms with Gasteiger partial charge in [0.15, 0.2) is 0 Å². The fraction of sp³-hybridized carbons (Fsp3) is 0. The van der Waals surface area contributed by atoms with Crippen LogP contribution in [0.2, 0.25) is 0 Å². The van der Waals surface area contributed by atoms with E-state index in [1.165, 1.54) is 0 Å². The van der Waals surface area contributed by atoms with E-state index in [0.717, 1.165) is 0 Å². The first kappa shape index (κ1) is 15.4. The van der Waals surface area contributed by atoms with Crippen LogP contribution in [0.15, 0.2) is 70.5 Å². The van der Waals surface area contributed by atoms with E-state index in [2.05, 4.69) is 9.44 Å². The average molecular weight is 384 g/mol. The van der Waals surface area contributed by atoms with Gasteiger partial charge in [-0.25, -0.2) is 16.8 Å². The second-order valence-corrected chi connectivity index (χ2v) is 9.42. The van der Waals surface area contributed by atoms with Gasteiger partial charge in [0.05, 0.1) is 21.2 Å². The summed E-state index contributed by atoms with van der Waals surface area (Å²) in [6, 6.07) is 16.6. The zero-order valence-electron chi connectivity index (χ0n) is 13.2. The minimum absolute atomic E-state index is 0.173. The molecule has 6 nitrogen and oxygen atoms in total. The first-order chi connectivity index (χ1) is 12.4. The number of fused-ring (bicyclic) bond motifs is 7. The van der Waals surface area contributed by atoms with Gasteiger partial charge in [0, 0.05) is 22.3 Å². The van der Waals surface area contributed by atoms with Crippen molar-refractivity contribution in [2.45, 2.75) is 9.79 Å². The second-order valence-electron chi connectivity index (χ2n) is 6.11. The maximum absolute atomic E-state index is 12.5. The lowest BCUT2D eigenvalue weighted by Gasteiger charge is -2.29. The summed E-state index contributed by atoms with van der Waals surface area (Å²) in [6.07, 6.45) is 0. The molecule has 2 N–H and O–H groups in total. The van der Waals surface area contributed by atoms with Crippen LogP contribution in [0.25, 0.3) is 22.3 Å². The molecule has 0 saturated carbocycles. The molecule has 3 aromatic rings. The number of hydrogen-bond acceptors (Lipinski definition) is 4. The predicted molar refractivity (Wildman–Crippen MR) is 98.9 cm³/mol. The van der Waals surface area contributed by atoms with Crippen molar-refractivity contribution in [1.82, 2.24) is 0 Å². The number of nitrogens with one attached hydrogen (secondary N) is 2. The molecular formula is C18H12N2O4S2. The van der Waals surface area contributed by atoms with Gasteiger partial charge in [-0.15, -0.1) is 0 Å². The number of sulfonamides is 2. The highest BCUT2D eigenvalue weighted by Crippen LogP contribution is 2.51. The van der Waals surface area contributed by atoms with Crippen LogP contribution >= 0.6 is 0 Å². The molecule has 2 heterocycles. The van der Waals surface area contributed by atoms with Crippen LogP contribution in [0.3, 0.4) is 0 Å².